The van der Waals surface area contributed by atoms with Crippen LogP contribution in [0.5, 0.6) is 5.75 Å². The van der Waals surface area contributed by atoms with Crippen LogP contribution in [0.2, 0.25) is 0 Å². The number of hydrogen-bond donors (Lipinski definition) is 2. The van der Waals surface area contributed by atoms with Gasteiger partial charge in [0.25, 0.3) is 0 Å². The number of amides is 2. The molecule has 0 spiro atoms. The summed E-state index contributed by atoms with van der Waals surface area (Å²) in [5.41, 5.74) is 0.670. The minimum absolute atomic E-state index is 0.0670. The van der Waals surface area contributed by atoms with Gasteiger partial charge < -0.3 is 15.4 Å². The van der Waals surface area contributed by atoms with Gasteiger partial charge in [-0.05, 0) is 32.5 Å². The van der Waals surface area contributed by atoms with Crippen molar-refractivity contribution in [2.75, 3.05) is 32.6 Å². The first-order valence-electron chi connectivity index (χ1n) is 7.86. The van der Waals surface area contributed by atoms with Crippen LogP contribution in [0.3, 0.4) is 0 Å². The number of carbonyl (C=O) groups excluding carboxylic acids is 2. The second-order valence-electron chi connectivity index (χ2n) is 5.71. The number of likely N-dealkylation sites (N-methyl/N-ethyl adjacent to an activating group) is 1. The summed E-state index contributed by atoms with van der Waals surface area (Å²) in [4.78, 5) is 25.5. The molecule has 2 amide bonds. The Morgan fingerprint density at radius 1 is 1.26 bits per heavy atom. The van der Waals surface area contributed by atoms with Gasteiger partial charge in [0.05, 0.1) is 20.2 Å². The second kappa shape index (κ2) is 9.84. The van der Waals surface area contributed by atoms with Crippen molar-refractivity contribution >= 4 is 17.5 Å². The lowest BCUT2D eigenvalue weighted by molar-refractivity contribution is -0.123. The fourth-order valence-electron chi connectivity index (χ4n) is 2.27. The standard InChI is InChI=1S/C17H27N3O3/c1-5-7-13(2)18-16(21)11-20(3)12-17(22)19-14-8-6-9-15(10-14)23-4/h6,8-10,13H,5,7,11-12H2,1-4H3,(H,18,21)(H,19,22)/t13-/m1/s1. The van der Waals surface area contributed by atoms with E-state index in [9.17, 15) is 9.59 Å². The third-order valence-corrected chi connectivity index (χ3v) is 3.31. The lowest BCUT2D eigenvalue weighted by Crippen LogP contribution is -2.41. The molecule has 0 radical (unpaired) electrons. The highest BCUT2D eigenvalue weighted by molar-refractivity contribution is 5.92. The maximum atomic E-state index is 12.0. The smallest absolute Gasteiger partial charge is 0.238 e. The number of nitrogens with zero attached hydrogens (tertiary/aromatic N) is 1. The monoisotopic (exact) mass is 321 g/mol. The first-order chi connectivity index (χ1) is 10.9. The van der Waals surface area contributed by atoms with Crippen molar-refractivity contribution in [3.63, 3.8) is 0 Å². The van der Waals surface area contributed by atoms with Crippen molar-refractivity contribution in [3.05, 3.63) is 24.3 Å². The van der Waals surface area contributed by atoms with Crippen molar-refractivity contribution in [3.8, 4) is 5.75 Å². The maximum absolute atomic E-state index is 12.0. The van der Waals surface area contributed by atoms with E-state index >= 15 is 0 Å². The molecule has 23 heavy (non-hydrogen) atoms. The number of hydrogen-bond acceptors (Lipinski definition) is 4. The van der Waals surface area contributed by atoms with E-state index < -0.39 is 0 Å². The Bertz CT molecular complexity index is 520. The Labute approximate surface area is 138 Å². The minimum Gasteiger partial charge on any atom is -0.497 e. The molecule has 0 aliphatic carbocycles. The predicted octanol–water partition coefficient (Wildman–Crippen LogP) is 1.87. The Hall–Kier alpha value is -2.08. The molecule has 0 heterocycles. The van der Waals surface area contributed by atoms with Gasteiger partial charge in [-0.3, -0.25) is 14.5 Å². The summed E-state index contributed by atoms with van der Waals surface area (Å²) in [6.45, 7) is 4.40. The Kier molecular flexibility index (Phi) is 8.11. The predicted molar refractivity (Wildman–Crippen MR) is 91.6 cm³/mol. The van der Waals surface area contributed by atoms with Crippen LogP contribution >= 0.6 is 0 Å². The van der Waals surface area contributed by atoms with Crippen molar-refractivity contribution in [2.24, 2.45) is 0 Å². The molecule has 0 saturated carbocycles. The van der Waals surface area contributed by atoms with E-state index in [2.05, 4.69) is 17.6 Å². The third kappa shape index (κ3) is 7.65. The minimum atomic E-state index is -0.171. The van der Waals surface area contributed by atoms with Gasteiger partial charge in [-0.15, -0.1) is 0 Å². The molecule has 0 aromatic heterocycles. The molecule has 1 aromatic carbocycles. The van der Waals surface area contributed by atoms with Crippen molar-refractivity contribution in [1.29, 1.82) is 0 Å². The molecule has 2 N–H and O–H groups in total. The molecule has 0 aliphatic heterocycles. The van der Waals surface area contributed by atoms with Gasteiger partial charge in [-0.2, -0.15) is 0 Å². The van der Waals surface area contributed by atoms with Gasteiger partial charge in [0, 0.05) is 17.8 Å². The Balaban J connectivity index is 2.39. The summed E-state index contributed by atoms with van der Waals surface area (Å²) in [5, 5.41) is 5.71. The summed E-state index contributed by atoms with van der Waals surface area (Å²) >= 11 is 0. The first-order valence-corrected chi connectivity index (χ1v) is 7.86. The van der Waals surface area contributed by atoms with E-state index in [-0.39, 0.29) is 30.9 Å². The lowest BCUT2D eigenvalue weighted by Gasteiger charge is -2.18. The summed E-state index contributed by atoms with van der Waals surface area (Å²) in [6, 6.07) is 7.31. The molecular formula is C17H27N3O3. The molecule has 0 unspecified atom stereocenters. The zero-order chi connectivity index (χ0) is 17.2. The SMILES string of the molecule is CCC[C@@H](C)NC(=O)CN(C)CC(=O)Nc1cccc(OC)c1. The summed E-state index contributed by atoms with van der Waals surface area (Å²) in [5.74, 6) is 0.443. The zero-order valence-electron chi connectivity index (χ0n) is 14.4. The van der Waals surface area contributed by atoms with Crippen LogP contribution in [-0.2, 0) is 9.59 Å². The zero-order valence-corrected chi connectivity index (χ0v) is 14.4. The topological polar surface area (TPSA) is 70.7 Å². The van der Waals surface area contributed by atoms with Crippen LogP contribution in [-0.4, -0.2) is 50.0 Å². The average molecular weight is 321 g/mol. The van der Waals surface area contributed by atoms with E-state index in [1.807, 2.05) is 13.0 Å². The van der Waals surface area contributed by atoms with Crippen LogP contribution in [0.1, 0.15) is 26.7 Å². The number of methoxy groups -OCH3 is 1. The van der Waals surface area contributed by atoms with Gasteiger partial charge in [0.2, 0.25) is 11.8 Å². The van der Waals surface area contributed by atoms with Crippen LogP contribution in [0, 0.1) is 0 Å². The molecule has 1 atom stereocenters. The van der Waals surface area contributed by atoms with E-state index in [1.165, 1.54) is 0 Å². The van der Waals surface area contributed by atoms with E-state index in [4.69, 9.17) is 4.74 Å². The van der Waals surface area contributed by atoms with Crippen molar-refractivity contribution < 1.29 is 14.3 Å². The molecule has 6 heteroatoms. The molecule has 128 valence electrons. The van der Waals surface area contributed by atoms with E-state index in [0.29, 0.717) is 11.4 Å². The number of ether oxygens (including phenoxy) is 1. The number of anilines is 1. The number of carbonyl (C=O) groups is 2. The van der Waals surface area contributed by atoms with Gasteiger partial charge in [-0.25, -0.2) is 0 Å². The lowest BCUT2D eigenvalue weighted by atomic mass is 10.2. The van der Waals surface area contributed by atoms with Gasteiger partial charge in [0.15, 0.2) is 0 Å². The summed E-state index contributed by atoms with van der Waals surface area (Å²) < 4.78 is 5.11. The second-order valence-corrected chi connectivity index (χ2v) is 5.71. The van der Waals surface area contributed by atoms with Gasteiger partial charge >= 0.3 is 0 Å². The number of rotatable bonds is 9. The normalized spacial score (nSPS) is 11.9. The Morgan fingerprint density at radius 2 is 1.96 bits per heavy atom. The van der Waals surface area contributed by atoms with Gasteiger partial charge in [-0.1, -0.05) is 19.4 Å². The number of nitrogens with one attached hydrogen (secondary N) is 2. The highest BCUT2D eigenvalue weighted by Crippen LogP contribution is 2.16. The van der Waals surface area contributed by atoms with Crippen LogP contribution in [0.15, 0.2) is 24.3 Å². The fraction of sp³-hybridized carbons (Fsp3) is 0.529. The number of benzene rings is 1. The largest absolute Gasteiger partial charge is 0.497 e. The fourth-order valence-corrected chi connectivity index (χ4v) is 2.27. The molecule has 0 saturated heterocycles. The molecular weight excluding hydrogens is 294 g/mol. The van der Waals surface area contributed by atoms with Crippen molar-refractivity contribution in [1.82, 2.24) is 10.2 Å². The highest BCUT2D eigenvalue weighted by atomic mass is 16.5. The van der Waals surface area contributed by atoms with Crippen LogP contribution < -0.4 is 15.4 Å². The van der Waals surface area contributed by atoms with Gasteiger partial charge in [0.1, 0.15) is 5.75 Å². The first kappa shape index (κ1) is 19.0. The Morgan fingerprint density at radius 3 is 2.61 bits per heavy atom. The third-order valence-electron chi connectivity index (χ3n) is 3.31. The summed E-state index contributed by atoms with van der Waals surface area (Å²) in [6.07, 6.45) is 1.98. The molecule has 6 nitrogen and oxygen atoms in total. The van der Waals surface area contributed by atoms with Crippen molar-refractivity contribution in [2.45, 2.75) is 32.7 Å². The maximum Gasteiger partial charge on any atom is 0.238 e. The molecule has 1 rings (SSSR count). The molecule has 0 fully saturated rings. The molecule has 1 aromatic rings. The van der Waals surface area contributed by atoms with Crippen LogP contribution in [0.4, 0.5) is 5.69 Å². The molecule has 0 aliphatic rings. The average Bonchev–Trinajstić information content (AvgIpc) is 2.46. The van der Waals surface area contributed by atoms with Crippen LogP contribution in [0.25, 0.3) is 0 Å². The summed E-state index contributed by atoms with van der Waals surface area (Å²) in [7, 11) is 3.32. The van der Waals surface area contributed by atoms with E-state index in [0.717, 1.165) is 12.8 Å². The van der Waals surface area contributed by atoms with E-state index in [1.54, 1.807) is 37.3 Å². The molecule has 0 bridgehead atoms. The highest BCUT2D eigenvalue weighted by Gasteiger charge is 2.12. The quantitative estimate of drug-likeness (QED) is 0.728.